The van der Waals surface area contributed by atoms with Crippen molar-refractivity contribution in [3.8, 4) is 0 Å². The van der Waals surface area contributed by atoms with Gasteiger partial charge < -0.3 is 5.73 Å². The van der Waals surface area contributed by atoms with E-state index in [2.05, 4.69) is 53.6 Å². The van der Waals surface area contributed by atoms with Crippen molar-refractivity contribution >= 4 is 11.3 Å². The van der Waals surface area contributed by atoms with Crippen LogP contribution >= 0.6 is 11.3 Å². The molecule has 2 aromatic heterocycles. The monoisotopic (exact) mass is 277 g/mol. The molecule has 0 fully saturated rings. The Labute approximate surface area is 119 Å². The third kappa shape index (κ3) is 3.25. The van der Waals surface area contributed by atoms with E-state index in [0.29, 0.717) is 6.04 Å². The molecule has 0 saturated heterocycles. The summed E-state index contributed by atoms with van der Waals surface area (Å²) >= 11 is 1.72. The summed E-state index contributed by atoms with van der Waals surface area (Å²) in [6, 6.07) is 2.66. The lowest BCUT2D eigenvalue weighted by molar-refractivity contribution is 0.424. The van der Waals surface area contributed by atoms with Crippen LogP contribution in [0.4, 0.5) is 0 Å². The maximum Gasteiger partial charge on any atom is 0.0643 e. The first-order chi connectivity index (χ1) is 9.15. The predicted octanol–water partition coefficient (Wildman–Crippen LogP) is 3.86. The highest BCUT2D eigenvalue weighted by Gasteiger charge is 2.13. The van der Waals surface area contributed by atoms with Crippen molar-refractivity contribution in [2.75, 3.05) is 0 Å². The van der Waals surface area contributed by atoms with Gasteiger partial charge in [0.1, 0.15) is 0 Å². The molecule has 0 spiro atoms. The Kier molecular flexibility index (Phi) is 4.77. The smallest absolute Gasteiger partial charge is 0.0643 e. The molecule has 3 nitrogen and oxygen atoms in total. The second-order valence-corrected chi connectivity index (χ2v) is 5.82. The molecule has 19 heavy (non-hydrogen) atoms. The highest BCUT2D eigenvalue weighted by molar-refractivity contribution is 7.08. The molecule has 2 aromatic rings. The molecule has 0 radical (unpaired) electrons. The molecule has 104 valence electrons. The minimum atomic E-state index is 0.0521. The van der Waals surface area contributed by atoms with Crippen molar-refractivity contribution in [3.05, 3.63) is 39.8 Å². The van der Waals surface area contributed by atoms with Crippen molar-refractivity contribution in [2.24, 2.45) is 5.73 Å². The Bertz CT molecular complexity index is 511. The zero-order valence-electron chi connectivity index (χ0n) is 12.0. The van der Waals surface area contributed by atoms with E-state index in [9.17, 15) is 0 Å². The second kappa shape index (κ2) is 6.35. The summed E-state index contributed by atoms with van der Waals surface area (Å²) in [5, 5.41) is 8.97. The highest BCUT2D eigenvalue weighted by Crippen LogP contribution is 2.23. The van der Waals surface area contributed by atoms with Crippen molar-refractivity contribution < 1.29 is 0 Å². The number of hydrogen-bond donors (Lipinski definition) is 1. The van der Waals surface area contributed by atoms with Gasteiger partial charge in [-0.1, -0.05) is 13.8 Å². The van der Waals surface area contributed by atoms with Crippen LogP contribution in [-0.2, 0) is 6.42 Å². The predicted molar refractivity (Wildman–Crippen MR) is 81.5 cm³/mol. The molecule has 1 atom stereocenters. The molecule has 0 amide bonds. The molecule has 0 bridgehead atoms. The first-order valence-corrected chi connectivity index (χ1v) is 7.92. The zero-order chi connectivity index (χ0) is 13.8. The molecule has 2 heterocycles. The molecule has 2 rings (SSSR count). The minimum absolute atomic E-state index is 0.0521. The first-order valence-electron chi connectivity index (χ1n) is 6.98. The van der Waals surface area contributed by atoms with E-state index >= 15 is 0 Å². The van der Waals surface area contributed by atoms with Crippen LogP contribution < -0.4 is 5.73 Å². The number of aryl methyl sites for hydroxylation is 1. The Balaban J connectivity index is 2.06. The van der Waals surface area contributed by atoms with E-state index in [1.807, 2.05) is 0 Å². The Morgan fingerprint density at radius 3 is 2.63 bits per heavy atom. The Morgan fingerprint density at radius 2 is 2.05 bits per heavy atom. The second-order valence-electron chi connectivity index (χ2n) is 5.08. The van der Waals surface area contributed by atoms with Gasteiger partial charge in [0, 0.05) is 18.7 Å². The third-order valence-electron chi connectivity index (χ3n) is 3.70. The number of nitrogens with two attached hydrogens (primary N) is 1. The summed E-state index contributed by atoms with van der Waals surface area (Å²) in [4.78, 5) is 0. The number of rotatable bonds is 6. The van der Waals surface area contributed by atoms with Gasteiger partial charge in [-0.25, -0.2) is 0 Å². The molecule has 0 aliphatic carbocycles. The third-order valence-corrected chi connectivity index (χ3v) is 4.58. The van der Waals surface area contributed by atoms with Crippen LogP contribution in [0.2, 0.25) is 0 Å². The summed E-state index contributed by atoms with van der Waals surface area (Å²) in [6.07, 6.45) is 5.13. The molecule has 0 saturated carbocycles. The molecule has 2 N–H and O–H groups in total. The Morgan fingerprint density at radius 1 is 1.32 bits per heavy atom. The van der Waals surface area contributed by atoms with E-state index in [0.717, 1.165) is 25.0 Å². The van der Waals surface area contributed by atoms with Crippen molar-refractivity contribution in [1.82, 2.24) is 9.78 Å². The average Bonchev–Trinajstić information content (AvgIpc) is 3.00. The molecule has 1 unspecified atom stereocenters. The molecular formula is C15H23N3S. The van der Waals surface area contributed by atoms with Crippen LogP contribution in [0.15, 0.2) is 23.0 Å². The Hall–Kier alpha value is -1.13. The van der Waals surface area contributed by atoms with E-state index in [1.165, 1.54) is 11.1 Å². The fraction of sp³-hybridized carbons (Fsp3) is 0.533. The van der Waals surface area contributed by atoms with Crippen LogP contribution in [0.3, 0.4) is 0 Å². The van der Waals surface area contributed by atoms with E-state index < -0.39 is 0 Å². The molecule has 0 aliphatic rings. The molecule has 0 aromatic carbocycles. The quantitative estimate of drug-likeness (QED) is 0.871. The van der Waals surface area contributed by atoms with Crippen molar-refractivity contribution in [2.45, 2.75) is 52.1 Å². The summed E-state index contributed by atoms with van der Waals surface area (Å²) in [7, 11) is 0. The van der Waals surface area contributed by atoms with Crippen LogP contribution in [0.25, 0.3) is 0 Å². The maximum atomic E-state index is 6.28. The zero-order valence-corrected chi connectivity index (χ0v) is 12.8. The van der Waals surface area contributed by atoms with Gasteiger partial charge in [-0.3, -0.25) is 4.68 Å². The van der Waals surface area contributed by atoms with Crippen LogP contribution in [-0.4, -0.2) is 9.78 Å². The lowest BCUT2D eigenvalue weighted by atomic mass is 10.0. The van der Waals surface area contributed by atoms with E-state index in [4.69, 9.17) is 5.73 Å². The van der Waals surface area contributed by atoms with Gasteiger partial charge in [-0.05, 0) is 47.7 Å². The average molecular weight is 277 g/mol. The van der Waals surface area contributed by atoms with E-state index in [-0.39, 0.29) is 6.04 Å². The van der Waals surface area contributed by atoms with Gasteiger partial charge in [0.15, 0.2) is 0 Å². The van der Waals surface area contributed by atoms with Crippen molar-refractivity contribution in [1.29, 1.82) is 0 Å². The summed E-state index contributed by atoms with van der Waals surface area (Å²) < 4.78 is 2.09. The maximum absolute atomic E-state index is 6.28. The topological polar surface area (TPSA) is 43.8 Å². The lowest BCUT2D eigenvalue weighted by Gasteiger charge is -2.13. The molecule has 4 heteroatoms. The normalized spacial score (nSPS) is 13.1. The highest BCUT2D eigenvalue weighted by atomic mass is 32.1. The van der Waals surface area contributed by atoms with Gasteiger partial charge in [0.05, 0.1) is 11.7 Å². The summed E-state index contributed by atoms with van der Waals surface area (Å²) in [5.74, 6) is 0. The number of nitrogens with zero attached hydrogens (tertiary/aromatic N) is 2. The van der Waals surface area contributed by atoms with Crippen LogP contribution in [0, 0.1) is 6.92 Å². The number of thiophene rings is 1. The van der Waals surface area contributed by atoms with Gasteiger partial charge in [-0.15, -0.1) is 0 Å². The number of hydrogen-bond acceptors (Lipinski definition) is 3. The fourth-order valence-electron chi connectivity index (χ4n) is 2.44. The van der Waals surface area contributed by atoms with E-state index in [1.54, 1.807) is 11.3 Å². The van der Waals surface area contributed by atoms with Crippen molar-refractivity contribution in [3.63, 3.8) is 0 Å². The minimum Gasteiger partial charge on any atom is -0.324 e. The lowest BCUT2D eigenvalue weighted by Crippen LogP contribution is -2.14. The summed E-state index contributed by atoms with van der Waals surface area (Å²) in [5.41, 5.74) is 9.91. The standard InChI is InChI=1S/C15H23N3S/c1-4-13(5-2)18-7-6-12(17-18)8-15(16)14-10-19-9-11(14)3/h6-7,9-10,13,15H,4-5,8,16H2,1-3H3. The number of aromatic nitrogens is 2. The largest absolute Gasteiger partial charge is 0.324 e. The van der Waals surface area contributed by atoms with Gasteiger partial charge >= 0.3 is 0 Å². The fourth-order valence-corrected chi connectivity index (χ4v) is 3.35. The SMILES string of the molecule is CCC(CC)n1ccc(CC(N)c2cscc2C)n1. The van der Waals surface area contributed by atoms with Crippen LogP contribution in [0.5, 0.6) is 0 Å². The van der Waals surface area contributed by atoms with Gasteiger partial charge in [0.25, 0.3) is 0 Å². The van der Waals surface area contributed by atoms with Crippen LogP contribution in [0.1, 0.15) is 55.6 Å². The first kappa shape index (κ1) is 14.3. The molecular weight excluding hydrogens is 254 g/mol. The van der Waals surface area contributed by atoms with Gasteiger partial charge in [0.2, 0.25) is 0 Å². The summed E-state index contributed by atoms with van der Waals surface area (Å²) in [6.45, 7) is 6.53. The van der Waals surface area contributed by atoms with Gasteiger partial charge in [-0.2, -0.15) is 16.4 Å². The molecule has 0 aliphatic heterocycles.